The SMILES string of the molecule is CCCOc1ccc(C(=O)N2CCN(c3ccc(NC(=O)COc4cc(C)c(Cl)c(C)c4)cc3Cl)CC2)cc1. The van der Waals surface area contributed by atoms with E-state index >= 15 is 0 Å². The number of carbonyl (C=O) groups is 2. The quantitative estimate of drug-likeness (QED) is 0.324. The maximum absolute atomic E-state index is 13.0. The summed E-state index contributed by atoms with van der Waals surface area (Å²) in [5.41, 5.74) is 3.89. The van der Waals surface area contributed by atoms with Gasteiger partial charge < -0.3 is 24.6 Å². The van der Waals surface area contributed by atoms with Gasteiger partial charge in [-0.2, -0.15) is 0 Å². The fourth-order valence-electron chi connectivity index (χ4n) is 4.42. The Balaban J connectivity index is 1.28. The molecule has 1 saturated heterocycles. The summed E-state index contributed by atoms with van der Waals surface area (Å²) in [4.78, 5) is 29.4. The number of ether oxygens (including phenoxy) is 2. The average Bonchev–Trinajstić information content (AvgIpc) is 2.94. The Morgan fingerprint density at radius 1 is 0.872 bits per heavy atom. The molecule has 1 aliphatic rings. The molecule has 0 aromatic heterocycles. The van der Waals surface area contributed by atoms with Crippen LogP contribution in [0.25, 0.3) is 0 Å². The number of rotatable bonds is 9. The van der Waals surface area contributed by atoms with Crippen molar-refractivity contribution in [2.24, 2.45) is 0 Å². The van der Waals surface area contributed by atoms with E-state index in [2.05, 4.69) is 17.1 Å². The van der Waals surface area contributed by atoms with Gasteiger partial charge in [-0.05, 0) is 86.0 Å². The Morgan fingerprint density at radius 3 is 2.15 bits per heavy atom. The highest BCUT2D eigenvalue weighted by atomic mass is 35.5. The van der Waals surface area contributed by atoms with E-state index in [0.29, 0.717) is 59.8 Å². The van der Waals surface area contributed by atoms with Crippen LogP contribution in [-0.2, 0) is 4.79 Å². The third-order valence-electron chi connectivity index (χ3n) is 6.49. The zero-order valence-electron chi connectivity index (χ0n) is 22.4. The van der Waals surface area contributed by atoms with E-state index < -0.39 is 0 Å². The van der Waals surface area contributed by atoms with Crippen molar-refractivity contribution in [1.82, 2.24) is 4.90 Å². The molecule has 1 fully saturated rings. The third-order valence-corrected chi connectivity index (χ3v) is 7.39. The van der Waals surface area contributed by atoms with Crippen LogP contribution in [0.15, 0.2) is 54.6 Å². The number of benzene rings is 3. The predicted octanol–water partition coefficient (Wildman–Crippen LogP) is 6.38. The van der Waals surface area contributed by atoms with Crippen LogP contribution >= 0.6 is 23.2 Å². The lowest BCUT2D eigenvalue weighted by atomic mass is 10.1. The largest absolute Gasteiger partial charge is 0.494 e. The first-order chi connectivity index (χ1) is 18.7. The molecule has 39 heavy (non-hydrogen) atoms. The van der Waals surface area contributed by atoms with Crippen LogP contribution in [0.5, 0.6) is 11.5 Å². The van der Waals surface area contributed by atoms with Crippen LogP contribution in [0.1, 0.15) is 34.8 Å². The molecule has 1 aliphatic heterocycles. The fraction of sp³-hybridized carbons (Fsp3) is 0.333. The van der Waals surface area contributed by atoms with E-state index in [1.165, 1.54) is 0 Å². The minimum Gasteiger partial charge on any atom is -0.494 e. The summed E-state index contributed by atoms with van der Waals surface area (Å²) in [6.45, 7) is 8.85. The number of aryl methyl sites for hydroxylation is 2. The molecule has 0 saturated carbocycles. The molecular weight excluding hydrogens is 537 g/mol. The lowest BCUT2D eigenvalue weighted by molar-refractivity contribution is -0.118. The van der Waals surface area contributed by atoms with Crippen molar-refractivity contribution in [3.05, 3.63) is 81.3 Å². The molecule has 206 valence electrons. The summed E-state index contributed by atoms with van der Waals surface area (Å²) in [6, 6.07) is 16.3. The summed E-state index contributed by atoms with van der Waals surface area (Å²) in [6.07, 6.45) is 0.936. The molecule has 4 rings (SSSR count). The topological polar surface area (TPSA) is 71.1 Å². The number of hydrogen-bond donors (Lipinski definition) is 1. The van der Waals surface area contributed by atoms with Crippen molar-refractivity contribution in [2.75, 3.05) is 49.6 Å². The lowest BCUT2D eigenvalue weighted by Crippen LogP contribution is -2.48. The first-order valence-electron chi connectivity index (χ1n) is 13.0. The summed E-state index contributed by atoms with van der Waals surface area (Å²) >= 11 is 12.8. The van der Waals surface area contributed by atoms with Crippen LogP contribution in [-0.4, -0.2) is 56.1 Å². The van der Waals surface area contributed by atoms with Gasteiger partial charge in [-0.1, -0.05) is 30.1 Å². The maximum atomic E-state index is 13.0. The molecule has 3 aromatic carbocycles. The van der Waals surface area contributed by atoms with E-state index in [4.69, 9.17) is 32.7 Å². The second-order valence-corrected chi connectivity index (χ2v) is 10.3. The molecule has 7 nitrogen and oxygen atoms in total. The van der Waals surface area contributed by atoms with Gasteiger partial charge in [0.25, 0.3) is 11.8 Å². The molecule has 0 aliphatic carbocycles. The number of piperazine rings is 1. The van der Waals surface area contributed by atoms with Crippen LogP contribution in [0, 0.1) is 13.8 Å². The van der Waals surface area contributed by atoms with Gasteiger partial charge in [0, 0.05) is 42.5 Å². The molecule has 2 amide bonds. The minimum atomic E-state index is -0.291. The van der Waals surface area contributed by atoms with E-state index in [9.17, 15) is 9.59 Å². The van der Waals surface area contributed by atoms with Gasteiger partial charge >= 0.3 is 0 Å². The Labute approximate surface area is 239 Å². The van der Waals surface area contributed by atoms with Crippen LogP contribution < -0.4 is 19.7 Å². The normalized spacial score (nSPS) is 13.3. The maximum Gasteiger partial charge on any atom is 0.262 e. The Kier molecular flexibility index (Phi) is 9.59. The van der Waals surface area contributed by atoms with Crippen molar-refractivity contribution in [1.29, 1.82) is 0 Å². The molecule has 0 radical (unpaired) electrons. The van der Waals surface area contributed by atoms with Gasteiger partial charge in [-0.25, -0.2) is 0 Å². The summed E-state index contributed by atoms with van der Waals surface area (Å²) in [5.74, 6) is 1.08. The molecule has 0 bridgehead atoms. The van der Waals surface area contributed by atoms with Crippen molar-refractivity contribution in [3.63, 3.8) is 0 Å². The van der Waals surface area contributed by atoms with Crippen molar-refractivity contribution in [3.8, 4) is 11.5 Å². The predicted molar refractivity (Wildman–Crippen MR) is 157 cm³/mol. The summed E-state index contributed by atoms with van der Waals surface area (Å²) < 4.78 is 11.2. The molecule has 0 atom stereocenters. The molecule has 1 heterocycles. The molecule has 0 spiro atoms. The number of hydrogen-bond acceptors (Lipinski definition) is 5. The standard InChI is InChI=1S/C30H33Cl2N3O4/c1-4-15-38-24-8-5-22(6-9-24)30(37)35-13-11-34(12-14-35)27-10-7-23(18-26(27)31)33-28(36)19-39-25-16-20(2)29(32)21(3)17-25/h5-10,16-18H,4,11-15,19H2,1-3H3,(H,33,36). The first kappa shape index (κ1) is 28.6. The van der Waals surface area contributed by atoms with Crippen molar-refractivity contribution in [2.45, 2.75) is 27.2 Å². The third kappa shape index (κ3) is 7.37. The second-order valence-electron chi connectivity index (χ2n) is 9.53. The Hall–Kier alpha value is -3.42. The van der Waals surface area contributed by atoms with E-state index in [0.717, 1.165) is 29.0 Å². The molecule has 9 heteroatoms. The van der Waals surface area contributed by atoms with E-state index in [-0.39, 0.29) is 18.4 Å². The Morgan fingerprint density at radius 2 is 1.54 bits per heavy atom. The van der Waals surface area contributed by atoms with Crippen LogP contribution in [0.2, 0.25) is 10.0 Å². The Bertz CT molecular complexity index is 1300. The summed E-state index contributed by atoms with van der Waals surface area (Å²) in [5, 5.41) is 4.04. The highest BCUT2D eigenvalue weighted by Gasteiger charge is 2.23. The van der Waals surface area contributed by atoms with Crippen molar-refractivity contribution >= 4 is 46.4 Å². The zero-order chi connectivity index (χ0) is 27.9. The van der Waals surface area contributed by atoms with E-state index in [1.807, 2.05) is 55.1 Å². The minimum absolute atomic E-state index is 0.00647. The molecule has 1 N–H and O–H groups in total. The number of carbonyl (C=O) groups excluding carboxylic acids is 2. The van der Waals surface area contributed by atoms with E-state index in [1.54, 1.807) is 18.2 Å². The van der Waals surface area contributed by atoms with Gasteiger partial charge in [0.2, 0.25) is 0 Å². The second kappa shape index (κ2) is 13.1. The van der Waals surface area contributed by atoms with Crippen LogP contribution in [0.3, 0.4) is 0 Å². The van der Waals surface area contributed by atoms with Gasteiger partial charge in [0.15, 0.2) is 6.61 Å². The average molecular weight is 571 g/mol. The smallest absolute Gasteiger partial charge is 0.262 e. The number of anilines is 2. The molecular formula is C30H33Cl2N3O4. The number of halogens is 2. The number of nitrogens with zero attached hydrogens (tertiary/aromatic N) is 2. The van der Waals surface area contributed by atoms with Gasteiger partial charge in [0.1, 0.15) is 11.5 Å². The molecule has 0 unspecified atom stereocenters. The van der Waals surface area contributed by atoms with Gasteiger partial charge in [0.05, 0.1) is 17.3 Å². The first-order valence-corrected chi connectivity index (χ1v) is 13.8. The molecule has 3 aromatic rings. The van der Waals surface area contributed by atoms with Crippen molar-refractivity contribution < 1.29 is 19.1 Å². The number of nitrogens with one attached hydrogen (secondary N) is 1. The summed E-state index contributed by atoms with van der Waals surface area (Å²) in [7, 11) is 0. The number of amides is 2. The zero-order valence-corrected chi connectivity index (χ0v) is 23.9. The fourth-order valence-corrected chi connectivity index (χ4v) is 4.83. The lowest BCUT2D eigenvalue weighted by Gasteiger charge is -2.36. The van der Waals surface area contributed by atoms with Gasteiger partial charge in [-0.3, -0.25) is 9.59 Å². The monoisotopic (exact) mass is 569 g/mol. The van der Waals surface area contributed by atoms with Gasteiger partial charge in [-0.15, -0.1) is 0 Å². The van der Waals surface area contributed by atoms with Crippen LogP contribution in [0.4, 0.5) is 11.4 Å². The highest BCUT2D eigenvalue weighted by Crippen LogP contribution is 2.30. The highest BCUT2D eigenvalue weighted by molar-refractivity contribution is 6.33.